The molecule has 0 bridgehead atoms. The highest BCUT2D eigenvalue weighted by molar-refractivity contribution is 6.71. The molecule has 1 unspecified atom stereocenters. The quantitative estimate of drug-likeness (QED) is 0.374. The highest BCUT2D eigenvalue weighted by Crippen LogP contribution is 2.12. The van der Waals surface area contributed by atoms with E-state index in [1.54, 1.807) is 0 Å². The first-order valence-electron chi connectivity index (χ1n) is 7.45. The van der Waals surface area contributed by atoms with Gasteiger partial charge in [-0.3, -0.25) is 0 Å². The Morgan fingerprint density at radius 3 is 2.22 bits per heavy atom. The lowest BCUT2D eigenvalue weighted by Crippen LogP contribution is -2.37. The normalized spacial score (nSPS) is 14.7. The SMILES string of the molecule is C=C[Si](C)(OCCCCCCC)OCCC(C)C. The largest absolute Gasteiger partial charge is 0.391 e. The molecule has 0 fully saturated rings. The summed E-state index contributed by atoms with van der Waals surface area (Å²) in [4.78, 5) is 0. The summed E-state index contributed by atoms with van der Waals surface area (Å²) in [6.07, 6.45) is 7.45. The van der Waals surface area contributed by atoms with Crippen molar-refractivity contribution in [2.75, 3.05) is 13.2 Å². The molecule has 0 radical (unpaired) electrons. The van der Waals surface area contributed by atoms with Crippen LogP contribution in [0.25, 0.3) is 0 Å². The highest BCUT2D eigenvalue weighted by Gasteiger charge is 2.27. The maximum atomic E-state index is 5.94. The lowest BCUT2D eigenvalue weighted by Gasteiger charge is -2.24. The van der Waals surface area contributed by atoms with E-state index >= 15 is 0 Å². The fraction of sp³-hybridized carbons (Fsp3) is 0.867. The molecule has 0 rings (SSSR count). The van der Waals surface area contributed by atoms with Crippen molar-refractivity contribution < 1.29 is 8.85 Å². The first kappa shape index (κ1) is 17.9. The molecule has 0 aliphatic rings. The van der Waals surface area contributed by atoms with Gasteiger partial charge in [0.2, 0.25) is 0 Å². The van der Waals surface area contributed by atoms with Crippen LogP contribution in [0.2, 0.25) is 6.55 Å². The van der Waals surface area contributed by atoms with Gasteiger partial charge >= 0.3 is 8.56 Å². The zero-order valence-electron chi connectivity index (χ0n) is 12.8. The monoisotopic (exact) mass is 272 g/mol. The van der Waals surface area contributed by atoms with Crippen LogP contribution in [0.4, 0.5) is 0 Å². The third kappa shape index (κ3) is 9.86. The minimum Gasteiger partial charge on any atom is -0.391 e. The zero-order chi connectivity index (χ0) is 13.9. The van der Waals surface area contributed by atoms with Crippen LogP contribution in [0.5, 0.6) is 0 Å². The van der Waals surface area contributed by atoms with Crippen molar-refractivity contribution in [1.82, 2.24) is 0 Å². The topological polar surface area (TPSA) is 18.5 Å². The summed E-state index contributed by atoms with van der Waals surface area (Å²) in [5, 5.41) is 0. The Labute approximate surface area is 115 Å². The zero-order valence-corrected chi connectivity index (χ0v) is 13.8. The highest BCUT2D eigenvalue weighted by atomic mass is 28.4. The van der Waals surface area contributed by atoms with Crippen molar-refractivity contribution in [2.45, 2.75) is 65.8 Å². The summed E-state index contributed by atoms with van der Waals surface area (Å²) >= 11 is 0. The van der Waals surface area contributed by atoms with Crippen molar-refractivity contribution in [3.63, 3.8) is 0 Å². The Morgan fingerprint density at radius 1 is 1.06 bits per heavy atom. The molecule has 108 valence electrons. The molecule has 0 aromatic rings. The summed E-state index contributed by atoms with van der Waals surface area (Å²) in [7, 11) is -2.09. The van der Waals surface area contributed by atoms with Gasteiger partial charge in [0.05, 0.1) is 0 Å². The fourth-order valence-corrected chi connectivity index (χ4v) is 3.03. The van der Waals surface area contributed by atoms with Crippen LogP contribution in [-0.4, -0.2) is 21.8 Å². The van der Waals surface area contributed by atoms with Crippen LogP contribution >= 0.6 is 0 Å². The van der Waals surface area contributed by atoms with Gasteiger partial charge in [-0.15, -0.1) is 6.58 Å². The van der Waals surface area contributed by atoms with Crippen LogP contribution < -0.4 is 0 Å². The van der Waals surface area contributed by atoms with Gasteiger partial charge in [-0.25, -0.2) is 0 Å². The van der Waals surface area contributed by atoms with Crippen LogP contribution in [0, 0.1) is 5.92 Å². The van der Waals surface area contributed by atoms with Crippen molar-refractivity contribution in [2.24, 2.45) is 5.92 Å². The van der Waals surface area contributed by atoms with Crippen LogP contribution in [0.15, 0.2) is 12.3 Å². The van der Waals surface area contributed by atoms with E-state index in [-0.39, 0.29) is 0 Å². The van der Waals surface area contributed by atoms with E-state index in [2.05, 4.69) is 33.9 Å². The third-order valence-corrected chi connectivity index (χ3v) is 5.39. The minimum atomic E-state index is -2.09. The van der Waals surface area contributed by atoms with Crippen LogP contribution in [0.1, 0.15) is 59.3 Å². The first-order chi connectivity index (χ1) is 8.54. The fourth-order valence-electron chi connectivity index (χ4n) is 1.64. The van der Waals surface area contributed by atoms with E-state index in [0.717, 1.165) is 26.1 Å². The van der Waals surface area contributed by atoms with Crippen LogP contribution in [-0.2, 0) is 8.85 Å². The van der Waals surface area contributed by atoms with Gasteiger partial charge in [0.1, 0.15) is 0 Å². The minimum absolute atomic E-state index is 0.683. The smallest absolute Gasteiger partial charge is 0.361 e. The Hall–Kier alpha value is -0.123. The molecule has 0 saturated carbocycles. The number of rotatable bonds is 12. The van der Waals surface area contributed by atoms with E-state index in [1.165, 1.54) is 25.7 Å². The summed E-state index contributed by atoms with van der Waals surface area (Å²) in [5.41, 5.74) is 1.90. The first-order valence-corrected chi connectivity index (χ1v) is 9.85. The second-order valence-corrected chi connectivity index (χ2v) is 8.53. The molecule has 0 saturated heterocycles. The van der Waals surface area contributed by atoms with E-state index < -0.39 is 8.56 Å². The summed E-state index contributed by atoms with van der Waals surface area (Å²) in [6, 6.07) is 0. The Bertz CT molecular complexity index is 207. The van der Waals surface area contributed by atoms with E-state index in [9.17, 15) is 0 Å². The second-order valence-electron chi connectivity index (χ2n) is 5.51. The van der Waals surface area contributed by atoms with Gasteiger partial charge in [-0.1, -0.05) is 46.5 Å². The van der Waals surface area contributed by atoms with Crippen molar-refractivity contribution in [3.05, 3.63) is 12.3 Å². The molecule has 0 aliphatic carbocycles. The lowest BCUT2D eigenvalue weighted by molar-refractivity contribution is 0.173. The van der Waals surface area contributed by atoms with Gasteiger partial charge in [-0.05, 0) is 31.0 Å². The van der Waals surface area contributed by atoms with Gasteiger partial charge in [-0.2, -0.15) is 0 Å². The molecule has 1 atom stereocenters. The van der Waals surface area contributed by atoms with E-state index in [0.29, 0.717) is 5.92 Å². The molecule has 0 aromatic heterocycles. The molecule has 0 amide bonds. The maximum absolute atomic E-state index is 5.94. The second kappa shape index (κ2) is 10.8. The maximum Gasteiger partial charge on any atom is 0.361 e. The number of hydrogen-bond acceptors (Lipinski definition) is 2. The van der Waals surface area contributed by atoms with E-state index in [4.69, 9.17) is 8.85 Å². The van der Waals surface area contributed by atoms with E-state index in [1.807, 2.05) is 5.70 Å². The molecule has 0 aromatic carbocycles. The molecular formula is C15H32O2Si. The average molecular weight is 273 g/mol. The predicted octanol–water partition coefficient (Wildman–Crippen LogP) is 4.83. The molecule has 3 heteroatoms. The average Bonchev–Trinajstić information content (AvgIpc) is 2.33. The molecule has 0 aliphatic heterocycles. The van der Waals surface area contributed by atoms with Crippen molar-refractivity contribution in [1.29, 1.82) is 0 Å². The number of unbranched alkanes of at least 4 members (excludes halogenated alkanes) is 4. The van der Waals surface area contributed by atoms with Gasteiger partial charge in [0, 0.05) is 13.2 Å². The Balaban J connectivity index is 3.68. The molecular weight excluding hydrogens is 240 g/mol. The van der Waals surface area contributed by atoms with Gasteiger partial charge in [0.15, 0.2) is 0 Å². The standard InChI is InChI=1S/C15H32O2Si/c1-6-8-9-10-11-13-16-18(5,7-2)17-14-12-15(3)4/h7,15H,2,6,8-14H2,1,3-5H3. The van der Waals surface area contributed by atoms with Gasteiger partial charge < -0.3 is 8.85 Å². The van der Waals surface area contributed by atoms with Crippen molar-refractivity contribution in [3.8, 4) is 0 Å². The Kier molecular flexibility index (Phi) is 10.7. The predicted molar refractivity (Wildman–Crippen MR) is 81.9 cm³/mol. The number of hydrogen-bond donors (Lipinski definition) is 0. The molecule has 18 heavy (non-hydrogen) atoms. The molecule has 0 N–H and O–H groups in total. The van der Waals surface area contributed by atoms with Crippen LogP contribution in [0.3, 0.4) is 0 Å². The third-order valence-electron chi connectivity index (χ3n) is 3.09. The lowest BCUT2D eigenvalue weighted by atomic mass is 10.2. The Morgan fingerprint density at radius 2 is 1.67 bits per heavy atom. The molecule has 0 heterocycles. The molecule has 2 nitrogen and oxygen atoms in total. The molecule has 0 spiro atoms. The van der Waals surface area contributed by atoms with Gasteiger partial charge in [0.25, 0.3) is 0 Å². The summed E-state index contributed by atoms with van der Waals surface area (Å²) in [5.74, 6) is 0.683. The summed E-state index contributed by atoms with van der Waals surface area (Å²) in [6.45, 7) is 14.2. The van der Waals surface area contributed by atoms with Crippen molar-refractivity contribution >= 4 is 8.56 Å². The summed E-state index contributed by atoms with van der Waals surface area (Å²) < 4.78 is 11.9.